The molecule has 0 radical (unpaired) electrons. The van der Waals surface area contributed by atoms with E-state index in [9.17, 15) is 18.4 Å². The second kappa shape index (κ2) is 6.54. The molecule has 1 aliphatic rings. The lowest BCUT2D eigenvalue weighted by atomic mass is 9.88. The molecule has 130 valence electrons. The first-order valence-electron chi connectivity index (χ1n) is 7.67. The quantitative estimate of drug-likeness (QED) is 0.861. The molecule has 1 fully saturated rings. The average molecular weight is 346 g/mol. The van der Waals surface area contributed by atoms with Gasteiger partial charge in [-0.1, -0.05) is 6.07 Å². The van der Waals surface area contributed by atoms with Crippen molar-refractivity contribution >= 4 is 17.5 Å². The maximum atomic E-state index is 13.8. The molecule has 25 heavy (non-hydrogen) atoms. The molecular formula is C17H16F2N4O2. The number of halogens is 2. The number of anilines is 1. The second-order valence-electron chi connectivity index (χ2n) is 6.02. The number of aromatic nitrogens is 2. The largest absolute Gasteiger partial charge is 0.344 e. The summed E-state index contributed by atoms with van der Waals surface area (Å²) in [6, 6.07) is 5.23. The number of benzene rings is 1. The van der Waals surface area contributed by atoms with Gasteiger partial charge in [-0.05, 0) is 30.7 Å². The van der Waals surface area contributed by atoms with Gasteiger partial charge in [0.05, 0.1) is 17.6 Å². The van der Waals surface area contributed by atoms with Crippen LogP contribution in [0.4, 0.5) is 14.5 Å². The molecule has 2 aromatic rings. The van der Waals surface area contributed by atoms with Crippen molar-refractivity contribution in [2.75, 3.05) is 18.9 Å². The van der Waals surface area contributed by atoms with Gasteiger partial charge in [-0.25, -0.2) is 8.78 Å². The first-order valence-corrected chi connectivity index (χ1v) is 7.67. The number of hydrogen-bond donors (Lipinski definition) is 1. The Labute approximate surface area is 142 Å². The second-order valence-corrected chi connectivity index (χ2v) is 6.02. The van der Waals surface area contributed by atoms with Crippen molar-refractivity contribution in [3.8, 4) is 0 Å². The third-order valence-corrected chi connectivity index (χ3v) is 4.23. The molecule has 1 saturated heterocycles. The number of amides is 2. The fourth-order valence-electron chi connectivity index (χ4n) is 3.00. The molecule has 1 aromatic heterocycles. The van der Waals surface area contributed by atoms with E-state index in [2.05, 4.69) is 15.5 Å². The molecule has 0 aliphatic carbocycles. The monoisotopic (exact) mass is 346 g/mol. The summed E-state index contributed by atoms with van der Waals surface area (Å²) in [5.41, 5.74) is 1.06. The molecule has 0 bridgehead atoms. The Morgan fingerprint density at radius 1 is 1.36 bits per heavy atom. The number of likely N-dealkylation sites (N-methyl/N-ethyl adjacent to an activating group) is 1. The minimum atomic E-state index is -1.16. The molecule has 1 aliphatic heterocycles. The number of carbonyl (C=O) groups is 2. The SMILES string of the molecule is Cc1cc([C@H]2CN(C)C(=O)[C@@H]2C(=O)Nc2cccc(F)c2F)cnn1. The van der Waals surface area contributed by atoms with Crippen molar-refractivity contribution in [1.82, 2.24) is 15.1 Å². The topological polar surface area (TPSA) is 75.2 Å². The van der Waals surface area contributed by atoms with Gasteiger partial charge in [0.15, 0.2) is 11.6 Å². The van der Waals surface area contributed by atoms with Crippen LogP contribution in [0.15, 0.2) is 30.5 Å². The Morgan fingerprint density at radius 3 is 2.84 bits per heavy atom. The summed E-state index contributed by atoms with van der Waals surface area (Å²) >= 11 is 0. The Bertz CT molecular complexity index is 843. The van der Waals surface area contributed by atoms with E-state index in [-0.39, 0.29) is 11.6 Å². The number of nitrogens with zero attached hydrogens (tertiary/aromatic N) is 3. The van der Waals surface area contributed by atoms with Crippen LogP contribution in [-0.4, -0.2) is 40.5 Å². The lowest BCUT2D eigenvalue weighted by Crippen LogP contribution is -2.33. The van der Waals surface area contributed by atoms with E-state index in [4.69, 9.17) is 0 Å². The van der Waals surface area contributed by atoms with Crippen molar-refractivity contribution < 1.29 is 18.4 Å². The molecule has 8 heteroatoms. The zero-order valence-corrected chi connectivity index (χ0v) is 13.7. The van der Waals surface area contributed by atoms with Crippen LogP contribution in [-0.2, 0) is 9.59 Å². The van der Waals surface area contributed by atoms with Crippen molar-refractivity contribution in [3.05, 3.63) is 53.4 Å². The predicted octanol–water partition coefficient (Wildman–Crippen LogP) is 1.87. The molecule has 1 aromatic carbocycles. The van der Waals surface area contributed by atoms with E-state index < -0.39 is 29.4 Å². The highest BCUT2D eigenvalue weighted by Gasteiger charge is 2.44. The van der Waals surface area contributed by atoms with E-state index in [0.717, 1.165) is 6.07 Å². The lowest BCUT2D eigenvalue weighted by molar-refractivity contribution is -0.135. The number of likely N-dealkylation sites (tertiary alicyclic amines) is 1. The van der Waals surface area contributed by atoms with Gasteiger partial charge in [-0.15, -0.1) is 0 Å². The molecule has 3 rings (SSSR count). The van der Waals surface area contributed by atoms with Gasteiger partial charge in [0.2, 0.25) is 11.8 Å². The molecule has 0 unspecified atom stereocenters. The number of nitrogens with one attached hydrogen (secondary N) is 1. The summed E-state index contributed by atoms with van der Waals surface area (Å²) in [6.07, 6.45) is 1.51. The predicted molar refractivity (Wildman–Crippen MR) is 85.6 cm³/mol. The van der Waals surface area contributed by atoms with Crippen LogP contribution in [0.25, 0.3) is 0 Å². The fraction of sp³-hybridized carbons (Fsp3) is 0.294. The van der Waals surface area contributed by atoms with E-state index in [1.807, 2.05) is 0 Å². The van der Waals surface area contributed by atoms with Gasteiger partial charge in [-0.3, -0.25) is 9.59 Å². The van der Waals surface area contributed by atoms with Crippen LogP contribution in [0.5, 0.6) is 0 Å². The number of aryl methyl sites for hydroxylation is 1. The van der Waals surface area contributed by atoms with E-state index in [1.165, 1.54) is 23.2 Å². The van der Waals surface area contributed by atoms with Crippen LogP contribution in [0.2, 0.25) is 0 Å². The lowest BCUT2D eigenvalue weighted by Gasteiger charge is -2.17. The summed E-state index contributed by atoms with van der Waals surface area (Å²) < 4.78 is 27.1. The van der Waals surface area contributed by atoms with E-state index in [1.54, 1.807) is 20.0 Å². The number of hydrogen-bond acceptors (Lipinski definition) is 4. The molecule has 2 atom stereocenters. The van der Waals surface area contributed by atoms with Crippen molar-refractivity contribution in [1.29, 1.82) is 0 Å². The van der Waals surface area contributed by atoms with Crippen LogP contribution in [0.3, 0.4) is 0 Å². The normalized spacial score (nSPS) is 20.0. The van der Waals surface area contributed by atoms with Crippen LogP contribution >= 0.6 is 0 Å². The minimum Gasteiger partial charge on any atom is -0.344 e. The van der Waals surface area contributed by atoms with Crippen molar-refractivity contribution in [3.63, 3.8) is 0 Å². The van der Waals surface area contributed by atoms with Gasteiger partial charge in [0.25, 0.3) is 0 Å². The number of carbonyl (C=O) groups excluding carboxylic acids is 2. The Kier molecular flexibility index (Phi) is 4.43. The third kappa shape index (κ3) is 3.19. The zero-order chi connectivity index (χ0) is 18.1. The average Bonchev–Trinajstić information content (AvgIpc) is 2.87. The molecular weight excluding hydrogens is 330 g/mol. The van der Waals surface area contributed by atoms with Gasteiger partial charge in [0.1, 0.15) is 5.92 Å². The van der Waals surface area contributed by atoms with E-state index >= 15 is 0 Å². The Morgan fingerprint density at radius 2 is 2.12 bits per heavy atom. The first kappa shape index (κ1) is 16.9. The smallest absolute Gasteiger partial charge is 0.237 e. The maximum Gasteiger partial charge on any atom is 0.237 e. The van der Waals surface area contributed by atoms with Gasteiger partial charge in [0, 0.05) is 19.5 Å². The van der Waals surface area contributed by atoms with Crippen LogP contribution in [0, 0.1) is 24.5 Å². The van der Waals surface area contributed by atoms with Gasteiger partial charge >= 0.3 is 0 Å². The van der Waals surface area contributed by atoms with Crippen molar-refractivity contribution in [2.24, 2.45) is 5.92 Å². The van der Waals surface area contributed by atoms with Crippen LogP contribution in [0.1, 0.15) is 17.2 Å². The van der Waals surface area contributed by atoms with Crippen LogP contribution < -0.4 is 5.32 Å². The summed E-state index contributed by atoms with van der Waals surface area (Å²) in [4.78, 5) is 26.5. The van der Waals surface area contributed by atoms with Crippen molar-refractivity contribution in [2.45, 2.75) is 12.8 Å². The highest BCUT2D eigenvalue weighted by atomic mass is 19.2. The standard InChI is InChI=1S/C17H16F2N4O2/c1-9-6-10(7-20-22-9)11-8-23(2)17(25)14(11)16(24)21-13-5-3-4-12(18)15(13)19/h3-7,11,14H,8H2,1-2H3,(H,21,24)/t11-,14+/m1/s1. The summed E-state index contributed by atoms with van der Waals surface area (Å²) in [5.74, 6) is -4.78. The molecule has 6 nitrogen and oxygen atoms in total. The Hall–Kier alpha value is -2.90. The van der Waals surface area contributed by atoms with Gasteiger partial charge in [-0.2, -0.15) is 10.2 Å². The molecule has 1 N–H and O–H groups in total. The maximum absolute atomic E-state index is 13.8. The Balaban J connectivity index is 1.90. The minimum absolute atomic E-state index is 0.296. The zero-order valence-electron chi connectivity index (χ0n) is 13.7. The summed E-state index contributed by atoms with van der Waals surface area (Å²) in [6.45, 7) is 2.09. The number of rotatable bonds is 3. The summed E-state index contributed by atoms with van der Waals surface area (Å²) in [5, 5.41) is 10.0. The van der Waals surface area contributed by atoms with Gasteiger partial charge < -0.3 is 10.2 Å². The highest BCUT2D eigenvalue weighted by Crippen LogP contribution is 2.34. The van der Waals surface area contributed by atoms with E-state index in [0.29, 0.717) is 17.8 Å². The summed E-state index contributed by atoms with van der Waals surface area (Å²) in [7, 11) is 1.59. The third-order valence-electron chi connectivity index (χ3n) is 4.23. The first-order chi connectivity index (χ1) is 11.9. The fourth-order valence-corrected chi connectivity index (χ4v) is 3.00. The molecule has 0 spiro atoms. The molecule has 2 amide bonds. The molecule has 0 saturated carbocycles. The highest BCUT2D eigenvalue weighted by molar-refractivity contribution is 6.08. The molecule has 2 heterocycles.